The van der Waals surface area contributed by atoms with Crippen LogP contribution < -0.4 is 0 Å². The molecule has 4 heteroatoms. The molecule has 24 heavy (non-hydrogen) atoms. The van der Waals surface area contributed by atoms with Gasteiger partial charge in [-0.2, -0.15) is 0 Å². The molecule has 0 aromatic carbocycles. The lowest BCUT2D eigenvalue weighted by atomic mass is 9.47. The van der Waals surface area contributed by atoms with Crippen LogP contribution in [0, 0.1) is 22.7 Å². The molecule has 2 N–H and O–H groups in total. The Hall–Kier alpha value is -1.58. The summed E-state index contributed by atoms with van der Waals surface area (Å²) in [7, 11) is 0. The highest BCUT2D eigenvalue weighted by molar-refractivity contribution is 5.94. The topological polar surface area (TPSA) is 74.6 Å². The number of carboxylic acid groups (broad SMARTS) is 2. The maximum Gasteiger partial charge on any atom is 0.331 e. The van der Waals surface area contributed by atoms with E-state index in [0.717, 1.165) is 31.8 Å². The summed E-state index contributed by atoms with van der Waals surface area (Å²) < 4.78 is 0. The van der Waals surface area contributed by atoms with Crippen molar-refractivity contribution >= 4 is 11.9 Å². The van der Waals surface area contributed by atoms with Crippen molar-refractivity contribution in [3.8, 4) is 0 Å². The second-order valence-corrected chi connectivity index (χ2v) is 8.19. The fourth-order valence-corrected chi connectivity index (χ4v) is 5.13. The summed E-state index contributed by atoms with van der Waals surface area (Å²) in [5.74, 6) is -1.26. The molecule has 0 aliphatic heterocycles. The van der Waals surface area contributed by atoms with Crippen LogP contribution in [0.2, 0.25) is 0 Å². The molecule has 1 fully saturated rings. The maximum absolute atomic E-state index is 11.4. The van der Waals surface area contributed by atoms with Gasteiger partial charge in [-0.05, 0) is 68.1 Å². The molecular formula is C20H30O4. The number of aliphatic carboxylic acids is 2. The zero-order valence-electron chi connectivity index (χ0n) is 15.3. The standard InChI is InChI=1S/C20H30O4/c1-13-6-5-7-16-19(13,3)10-8-14(2)20(16,4)11-9-15(18(23)24)12-17(21)22/h6,12,14,16H,5,7-11H2,1-4H3,(H,21,22)(H,23,24)/b15-12+/t14-,16-,19-,20+/m1/s1. The number of hydrogen-bond donors (Lipinski definition) is 2. The summed E-state index contributed by atoms with van der Waals surface area (Å²) in [6.45, 7) is 9.15. The first kappa shape index (κ1) is 18.8. The molecule has 0 aromatic heterocycles. The Morgan fingerprint density at radius 1 is 1.29 bits per heavy atom. The van der Waals surface area contributed by atoms with Crippen molar-refractivity contribution in [2.75, 3.05) is 0 Å². The molecule has 4 atom stereocenters. The van der Waals surface area contributed by atoms with E-state index >= 15 is 0 Å². The second kappa shape index (κ2) is 6.73. The van der Waals surface area contributed by atoms with Gasteiger partial charge in [0.1, 0.15) is 0 Å². The van der Waals surface area contributed by atoms with E-state index < -0.39 is 11.9 Å². The SMILES string of the molecule is CC1=CCC[C@H]2[C@@](C)(CC/C(=C\C(=O)O)C(=O)O)[C@H](C)CC[C@]12C. The number of rotatable bonds is 5. The van der Waals surface area contributed by atoms with Crippen molar-refractivity contribution in [1.82, 2.24) is 0 Å². The zero-order valence-corrected chi connectivity index (χ0v) is 15.3. The van der Waals surface area contributed by atoms with Gasteiger partial charge in [0.05, 0.1) is 0 Å². The third kappa shape index (κ3) is 3.28. The molecule has 2 aliphatic carbocycles. The van der Waals surface area contributed by atoms with Gasteiger partial charge in [0, 0.05) is 11.6 Å². The lowest BCUT2D eigenvalue weighted by Crippen LogP contribution is -2.49. The molecule has 4 nitrogen and oxygen atoms in total. The molecule has 0 radical (unpaired) electrons. The molecule has 0 aromatic rings. The van der Waals surface area contributed by atoms with Gasteiger partial charge in [-0.3, -0.25) is 0 Å². The molecule has 2 aliphatic rings. The van der Waals surface area contributed by atoms with Gasteiger partial charge in [-0.15, -0.1) is 0 Å². The highest BCUT2D eigenvalue weighted by atomic mass is 16.4. The minimum atomic E-state index is -1.18. The summed E-state index contributed by atoms with van der Waals surface area (Å²) >= 11 is 0. The molecule has 134 valence electrons. The lowest BCUT2D eigenvalue weighted by molar-refractivity contribution is -0.135. The molecule has 1 saturated carbocycles. The normalized spacial score (nSPS) is 36.7. The Morgan fingerprint density at radius 2 is 1.96 bits per heavy atom. The monoisotopic (exact) mass is 334 g/mol. The molecule has 0 heterocycles. The fraction of sp³-hybridized carbons (Fsp3) is 0.700. The fourth-order valence-electron chi connectivity index (χ4n) is 5.13. The highest BCUT2D eigenvalue weighted by Crippen LogP contribution is 2.61. The molecule has 0 amide bonds. The van der Waals surface area contributed by atoms with Crippen molar-refractivity contribution in [1.29, 1.82) is 0 Å². The average Bonchev–Trinajstić information content (AvgIpc) is 2.50. The summed E-state index contributed by atoms with van der Waals surface area (Å²) in [6.07, 6.45) is 8.81. The van der Waals surface area contributed by atoms with E-state index in [-0.39, 0.29) is 16.4 Å². The van der Waals surface area contributed by atoms with Crippen molar-refractivity contribution in [2.45, 2.75) is 66.2 Å². The van der Waals surface area contributed by atoms with Crippen molar-refractivity contribution < 1.29 is 19.8 Å². The highest BCUT2D eigenvalue weighted by Gasteiger charge is 2.52. The van der Waals surface area contributed by atoms with Crippen molar-refractivity contribution in [2.24, 2.45) is 22.7 Å². The van der Waals surface area contributed by atoms with Gasteiger partial charge >= 0.3 is 11.9 Å². The predicted molar refractivity (Wildman–Crippen MR) is 93.7 cm³/mol. The first-order chi connectivity index (χ1) is 11.1. The minimum Gasteiger partial charge on any atom is -0.478 e. The Labute approximate surface area is 144 Å². The summed E-state index contributed by atoms with van der Waals surface area (Å²) in [5.41, 5.74) is 1.71. The van der Waals surface area contributed by atoms with E-state index in [4.69, 9.17) is 5.11 Å². The van der Waals surface area contributed by atoms with E-state index in [1.165, 1.54) is 12.0 Å². The Balaban J connectivity index is 2.27. The smallest absolute Gasteiger partial charge is 0.331 e. The molecular weight excluding hydrogens is 304 g/mol. The average molecular weight is 334 g/mol. The first-order valence-electron chi connectivity index (χ1n) is 8.95. The third-order valence-corrected chi connectivity index (χ3v) is 7.10. The van der Waals surface area contributed by atoms with Crippen LogP contribution in [0.5, 0.6) is 0 Å². The van der Waals surface area contributed by atoms with Crippen molar-refractivity contribution in [3.05, 3.63) is 23.3 Å². The quantitative estimate of drug-likeness (QED) is 0.566. The number of hydrogen-bond acceptors (Lipinski definition) is 2. The van der Waals surface area contributed by atoms with Crippen LogP contribution in [0.4, 0.5) is 0 Å². The molecule has 0 saturated heterocycles. The minimum absolute atomic E-state index is 0.00581. The van der Waals surface area contributed by atoms with Crippen LogP contribution >= 0.6 is 0 Å². The Bertz CT molecular complexity index is 588. The van der Waals surface area contributed by atoms with Crippen LogP contribution in [-0.2, 0) is 9.59 Å². The Kier molecular flexibility index (Phi) is 5.26. The Morgan fingerprint density at radius 3 is 2.54 bits per heavy atom. The van der Waals surface area contributed by atoms with E-state index in [1.807, 2.05) is 0 Å². The molecule has 0 unspecified atom stereocenters. The van der Waals surface area contributed by atoms with Crippen LogP contribution in [0.3, 0.4) is 0 Å². The predicted octanol–water partition coefficient (Wildman–Crippen LogP) is 4.66. The summed E-state index contributed by atoms with van der Waals surface area (Å²) in [5, 5.41) is 18.2. The largest absolute Gasteiger partial charge is 0.478 e. The molecule has 2 rings (SSSR count). The van der Waals surface area contributed by atoms with Gasteiger partial charge in [-0.25, -0.2) is 9.59 Å². The van der Waals surface area contributed by atoms with Gasteiger partial charge in [0.2, 0.25) is 0 Å². The second-order valence-electron chi connectivity index (χ2n) is 8.19. The first-order valence-corrected chi connectivity index (χ1v) is 8.95. The number of fused-ring (bicyclic) bond motifs is 1. The summed E-state index contributed by atoms with van der Waals surface area (Å²) in [4.78, 5) is 22.2. The van der Waals surface area contributed by atoms with Gasteiger partial charge < -0.3 is 10.2 Å². The number of allylic oxidation sites excluding steroid dienone is 2. The van der Waals surface area contributed by atoms with Crippen LogP contribution in [0.1, 0.15) is 66.2 Å². The molecule has 0 spiro atoms. The van der Waals surface area contributed by atoms with E-state index in [1.54, 1.807) is 0 Å². The molecule has 0 bridgehead atoms. The van der Waals surface area contributed by atoms with Crippen molar-refractivity contribution in [3.63, 3.8) is 0 Å². The lowest BCUT2D eigenvalue weighted by Gasteiger charge is -2.58. The van der Waals surface area contributed by atoms with E-state index in [9.17, 15) is 14.7 Å². The van der Waals surface area contributed by atoms with E-state index in [0.29, 0.717) is 18.3 Å². The van der Waals surface area contributed by atoms with Gasteiger partial charge in [0.15, 0.2) is 0 Å². The zero-order chi connectivity index (χ0) is 18.1. The van der Waals surface area contributed by atoms with E-state index in [2.05, 4.69) is 33.8 Å². The summed E-state index contributed by atoms with van der Waals surface area (Å²) in [6, 6.07) is 0. The van der Waals surface area contributed by atoms with Crippen LogP contribution in [-0.4, -0.2) is 22.2 Å². The maximum atomic E-state index is 11.4. The van der Waals surface area contributed by atoms with Gasteiger partial charge in [0.25, 0.3) is 0 Å². The van der Waals surface area contributed by atoms with Crippen LogP contribution in [0.25, 0.3) is 0 Å². The number of carboxylic acids is 2. The van der Waals surface area contributed by atoms with Gasteiger partial charge in [-0.1, -0.05) is 32.4 Å². The van der Waals surface area contributed by atoms with Crippen LogP contribution in [0.15, 0.2) is 23.3 Å². The number of carbonyl (C=O) groups is 2. The third-order valence-electron chi connectivity index (χ3n) is 7.10.